The summed E-state index contributed by atoms with van der Waals surface area (Å²) in [4.78, 5) is 0. The molecule has 3 rings (SSSR count). The van der Waals surface area contributed by atoms with Gasteiger partial charge in [0.1, 0.15) is 0 Å². The Bertz CT molecular complexity index is 434. The Kier molecular flexibility index (Phi) is 3.87. The molecule has 2 heteroatoms. The Morgan fingerprint density at radius 2 is 1.75 bits per heavy atom. The molecule has 20 heavy (non-hydrogen) atoms. The molecular weight excluding hydrogens is 248 g/mol. The highest BCUT2D eigenvalue weighted by molar-refractivity contribution is 5.24. The molecule has 0 N–H and O–H groups in total. The molecule has 2 nitrogen and oxygen atoms in total. The number of rotatable bonds is 3. The molecule has 1 aromatic carbocycles. The van der Waals surface area contributed by atoms with Gasteiger partial charge in [0, 0.05) is 13.2 Å². The summed E-state index contributed by atoms with van der Waals surface area (Å²) in [5.74, 6) is 0.734. The Balaban J connectivity index is 1.84. The van der Waals surface area contributed by atoms with Gasteiger partial charge >= 0.3 is 0 Å². The maximum atomic E-state index is 6.58. The first-order chi connectivity index (χ1) is 9.60. The van der Waals surface area contributed by atoms with E-state index < -0.39 is 0 Å². The number of ether oxygens (including phenoxy) is 2. The van der Waals surface area contributed by atoms with E-state index in [1.54, 1.807) is 0 Å². The quantitative estimate of drug-likeness (QED) is 0.818. The molecule has 2 saturated heterocycles. The zero-order valence-corrected chi connectivity index (χ0v) is 12.7. The summed E-state index contributed by atoms with van der Waals surface area (Å²) in [6, 6.07) is 10.8. The number of benzene rings is 1. The van der Waals surface area contributed by atoms with Crippen LogP contribution in [0.5, 0.6) is 0 Å². The highest BCUT2D eigenvalue weighted by atomic mass is 16.5. The second kappa shape index (κ2) is 5.50. The van der Waals surface area contributed by atoms with Gasteiger partial charge in [-0.15, -0.1) is 0 Å². The Labute approximate surface area is 122 Å². The van der Waals surface area contributed by atoms with Crippen LogP contribution in [0.15, 0.2) is 30.3 Å². The van der Waals surface area contributed by atoms with Crippen molar-refractivity contribution in [2.75, 3.05) is 13.2 Å². The Hall–Kier alpha value is -0.860. The van der Waals surface area contributed by atoms with Gasteiger partial charge in [0.05, 0.1) is 11.2 Å². The summed E-state index contributed by atoms with van der Waals surface area (Å²) in [6.45, 7) is 6.28. The zero-order chi connectivity index (χ0) is 14.1. The van der Waals surface area contributed by atoms with Crippen LogP contribution < -0.4 is 0 Å². The summed E-state index contributed by atoms with van der Waals surface area (Å²) in [7, 11) is 0. The molecule has 2 aliphatic rings. The van der Waals surface area contributed by atoms with Crippen molar-refractivity contribution in [3.63, 3.8) is 0 Å². The molecule has 1 aromatic rings. The van der Waals surface area contributed by atoms with Crippen molar-refractivity contribution in [1.29, 1.82) is 0 Å². The topological polar surface area (TPSA) is 18.5 Å². The van der Waals surface area contributed by atoms with Gasteiger partial charge in [0.2, 0.25) is 0 Å². The molecule has 110 valence electrons. The summed E-state index contributed by atoms with van der Waals surface area (Å²) in [6.07, 6.45) is 5.78. The lowest BCUT2D eigenvalue weighted by atomic mass is 9.79. The lowest BCUT2D eigenvalue weighted by molar-refractivity contribution is -0.108. The first-order valence-electron chi connectivity index (χ1n) is 7.93. The summed E-state index contributed by atoms with van der Waals surface area (Å²) in [5, 5.41) is 0. The second-order valence-corrected chi connectivity index (χ2v) is 6.98. The fourth-order valence-electron chi connectivity index (χ4n) is 3.76. The van der Waals surface area contributed by atoms with Gasteiger partial charge in [-0.3, -0.25) is 0 Å². The maximum Gasteiger partial charge on any atom is 0.0942 e. The van der Waals surface area contributed by atoms with E-state index in [9.17, 15) is 0 Å². The van der Waals surface area contributed by atoms with Crippen molar-refractivity contribution in [3.8, 4) is 0 Å². The molecule has 1 atom stereocenters. The lowest BCUT2D eigenvalue weighted by Crippen LogP contribution is -2.33. The van der Waals surface area contributed by atoms with Gasteiger partial charge in [-0.05, 0) is 57.4 Å². The maximum absolute atomic E-state index is 6.58. The van der Waals surface area contributed by atoms with Crippen LogP contribution in [0.3, 0.4) is 0 Å². The van der Waals surface area contributed by atoms with Gasteiger partial charge < -0.3 is 9.47 Å². The van der Waals surface area contributed by atoms with Crippen molar-refractivity contribution in [2.24, 2.45) is 5.92 Å². The predicted molar refractivity (Wildman–Crippen MR) is 80.7 cm³/mol. The van der Waals surface area contributed by atoms with Crippen LogP contribution in [0.4, 0.5) is 0 Å². The molecule has 2 heterocycles. The van der Waals surface area contributed by atoms with E-state index in [2.05, 4.69) is 44.2 Å². The van der Waals surface area contributed by atoms with Gasteiger partial charge in [0.15, 0.2) is 0 Å². The minimum atomic E-state index is -0.0766. The predicted octanol–water partition coefficient (Wildman–Crippen LogP) is 4.29. The van der Waals surface area contributed by atoms with Crippen molar-refractivity contribution in [1.82, 2.24) is 0 Å². The van der Waals surface area contributed by atoms with Crippen molar-refractivity contribution >= 4 is 0 Å². The highest BCUT2D eigenvalue weighted by Gasteiger charge is 2.46. The first kappa shape index (κ1) is 14.1. The highest BCUT2D eigenvalue weighted by Crippen LogP contribution is 2.49. The molecule has 0 saturated carbocycles. The largest absolute Gasteiger partial charge is 0.381 e. The smallest absolute Gasteiger partial charge is 0.0942 e. The standard InChI is InChI=1S/C18H26O2/c1-17(2)10-11-18(20-17,16-6-4-3-5-7-16)14-15-8-12-19-13-9-15/h3-7,15H,8-14H2,1-2H3. The molecule has 0 radical (unpaired) electrons. The van der Waals surface area contributed by atoms with Crippen LogP contribution in [-0.4, -0.2) is 18.8 Å². The average Bonchev–Trinajstić information content (AvgIpc) is 2.77. The third-order valence-corrected chi connectivity index (χ3v) is 4.86. The molecule has 2 aliphatic heterocycles. The van der Waals surface area contributed by atoms with E-state index in [0.717, 1.165) is 38.4 Å². The molecule has 2 fully saturated rings. The minimum absolute atomic E-state index is 0.00100. The number of hydrogen-bond acceptors (Lipinski definition) is 2. The first-order valence-corrected chi connectivity index (χ1v) is 7.93. The number of hydrogen-bond donors (Lipinski definition) is 0. The van der Waals surface area contributed by atoms with Crippen LogP contribution in [-0.2, 0) is 15.1 Å². The lowest BCUT2D eigenvalue weighted by Gasteiger charge is -2.36. The summed E-state index contributed by atoms with van der Waals surface area (Å²) < 4.78 is 12.1. The monoisotopic (exact) mass is 274 g/mol. The van der Waals surface area contributed by atoms with Gasteiger partial charge in [-0.25, -0.2) is 0 Å². The molecule has 0 amide bonds. The molecular formula is C18H26O2. The fraction of sp³-hybridized carbons (Fsp3) is 0.667. The Morgan fingerprint density at radius 3 is 2.35 bits per heavy atom. The SMILES string of the molecule is CC1(C)CCC(CC2CCOCC2)(c2ccccc2)O1. The summed E-state index contributed by atoms with van der Waals surface area (Å²) >= 11 is 0. The average molecular weight is 274 g/mol. The molecule has 0 aromatic heterocycles. The van der Waals surface area contributed by atoms with Crippen LogP contribution >= 0.6 is 0 Å². The van der Waals surface area contributed by atoms with Crippen molar-refractivity contribution in [3.05, 3.63) is 35.9 Å². The minimum Gasteiger partial charge on any atom is -0.381 e. The van der Waals surface area contributed by atoms with Gasteiger partial charge in [-0.1, -0.05) is 30.3 Å². The van der Waals surface area contributed by atoms with E-state index >= 15 is 0 Å². The van der Waals surface area contributed by atoms with Crippen molar-refractivity contribution < 1.29 is 9.47 Å². The molecule has 1 unspecified atom stereocenters. The van der Waals surface area contributed by atoms with Crippen LogP contribution in [0, 0.1) is 5.92 Å². The van der Waals surface area contributed by atoms with Crippen LogP contribution in [0.25, 0.3) is 0 Å². The molecule has 0 bridgehead atoms. The van der Waals surface area contributed by atoms with E-state index in [-0.39, 0.29) is 11.2 Å². The van der Waals surface area contributed by atoms with E-state index in [4.69, 9.17) is 9.47 Å². The van der Waals surface area contributed by atoms with Gasteiger partial charge in [-0.2, -0.15) is 0 Å². The second-order valence-electron chi connectivity index (χ2n) is 6.98. The normalized spacial score (nSPS) is 30.5. The summed E-state index contributed by atoms with van der Waals surface area (Å²) in [5.41, 5.74) is 1.28. The van der Waals surface area contributed by atoms with E-state index in [0.29, 0.717) is 0 Å². The van der Waals surface area contributed by atoms with Gasteiger partial charge in [0.25, 0.3) is 0 Å². The Morgan fingerprint density at radius 1 is 1.05 bits per heavy atom. The third kappa shape index (κ3) is 2.91. The van der Waals surface area contributed by atoms with Crippen molar-refractivity contribution in [2.45, 2.75) is 57.2 Å². The van der Waals surface area contributed by atoms with E-state index in [1.807, 2.05) is 0 Å². The van der Waals surface area contributed by atoms with Crippen LogP contribution in [0.2, 0.25) is 0 Å². The third-order valence-electron chi connectivity index (χ3n) is 4.86. The van der Waals surface area contributed by atoms with Crippen LogP contribution in [0.1, 0.15) is 51.5 Å². The zero-order valence-electron chi connectivity index (χ0n) is 12.7. The fourth-order valence-corrected chi connectivity index (χ4v) is 3.76. The molecule has 0 aliphatic carbocycles. The van der Waals surface area contributed by atoms with E-state index in [1.165, 1.54) is 18.4 Å². The molecule has 0 spiro atoms.